The molecule has 0 aliphatic carbocycles. The van der Waals surface area contributed by atoms with Crippen molar-refractivity contribution in [3.8, 4) is 0 Å². The normalized spacial score (nSPS) is 13.4. The van der Waals surface area contributed by atoms with Gasteiger partial charge in [-0.15, -0.1) is 11.6 Å². The molecule has 1 rings (SSSR count). The monoisotopic (exact) mass is 296 g/mol. The summed E-state index contributed by atoms with van der Waals surface area (Å²) in [6.07, 6.45) is 0.672. The maximum Gasteiger partial charge on any atom is 0.446 e. The summed E-state index contributed by atoms with van der Waals surface area (Å²) in [6.45, 7) is 3.14. The van der Waals surface area contributed by atoms with Crippen LogP contribution in [0.1, 0.15) is 30.4 Å². The fourth-order valence-electron chi connectivity index (χ4n) is 1.45. The highest BCUT2D eigenvalue weighted by atomic mass is 35.5. The molecule has 18 heavy (non-hydrogen) atoms. The fourth-order valence-corrected chi connectivity index (χ4v) is 2.38. The van der Waals surface area contributed by atoms with Crippen molar-refractivity contribution < 1.29 is 18.0 Å². The summed E-state index contributed by atoms with van der Waals surface area (Å²) < 4.78 is 37.2. The number of aryl methyl sites for hydroxylation is 1. The maximum absolute atomic E-state index is 12.4. The first kappa shape index (κ1) is 15.4. The topological polar surface area (TPSA) is 17.1 Å². The van der Waals surface area contributed by atoms with Gasteiger partial charge in [0.1, 0.15) is 5.38 Å². The van der Waals surface area contributed by atoms with Gasteiger partial charge in [0.2, 0.25) is 0 Å². The zero-order valence-corrected chi connectivity index (χ0v) is 11.4. The molecule has 1 atom stereocenters. The highest BCUT2D eigenvalue weighted by Gasteiger charge is 2.32. The molecule has 0 radical (unpaired) electrons. The number of hydrogen-bond donors (Lipinski definition) is 0. The second-order valence-corrected chi connectivity index (χ2v) is 5.29. The highest BCUT2D eigenvalue weighted by Crippen LogP contribution is 2.41. The van der Waals surface area contributed by atoms with Crippen molar-refractivity contribution in [3.63, 3.8) is 0 Å². The predicted octanol–water partition coefficient (Wildman–Crippen LogP) is 4.73. The smallest absolute Gasteiger partial charge is 0.298 e. The van der Waals surface area contributed by atoms with Gasteiger partial charge in [-0.1, -0.05) is 19.1 Å². The second-order valence-electron chi connectivity index (χ2n) is 3.75. The number of Topliss-reactive ketones (excluding diaryl/α,β-unsaturated/α-hetero) is 1. The molecule has 0 fully saturated rings. The molecule has 0 saturated carbocycles. The van der Waals surface area contributed by atoms with E-state index in [2.05, 4.69) is 0 Å². The van der Waals surface area contributed by atoms with Crippen LogP contribution in [0, 0.1) is 0 Å². The number of halogens is 4. The SMILES string of the molecule is CCc1ccc(SC(F)(F)F)c(C(Cl)C(C)=O)c1. The van der Waals surface area contributed by atoms with E-state index in [-0.39, 0.29) is 28.0 Å². The molecule has 0 aliphatic rings. The average molecular weight is 297 g/mol. The van der Waals surface area contributed by atoms with Crippen molar-refractivity contribution in [2.45, 2.75) is 36.0 Å². The van der Waals surface area contributed by atoms with E-state index >= 15 is 0 Å². The first-order valence-electron chi connectivity index (χ1n) is 5.27. The van der Waals surface area contributed by atoms with Crippen LogP contribution in [0.15, 0.2) is 23.1 Å². The second kappa shape index (κ2) is 5.97. The Morgan fingerprint density at radius 3 is 2.50 bits per heavy atom. The Kier molecular flexibility index (Phi) is 5.10. The lowest BCUT2D eigenvalue weighted by atomic mass is 10.0. The van der Waals surface area contributed by atoms with Crippen LogP contribution in [0.2, 0.25) is 0 Å². The van der Waals surface area contributed by atoms with Crippen molar-refractivity contribution in [1.82, 2.24) is 0 Å². The van der Waals surface area contributed by atoms with Crippen molar-refractivity contribution in [2.24, 2.45) is 0 Å². The van der Waals surface area contributed by atoms with E-state index in [1.54, 1.807) is 12.1 Å². The predicted molar refractivity (Wildman–Crippen MR) is 67.0 cm³/mol. The van der Waals surface area contributed by atoms with Crippen molar-refractivity contribution in [1.29, 1.82) is 0 Å². The number of carbonyl (C=O) groups excluding carboxylic acids is 1. The minimum atomic E-state index is -4.39. The number of alkyl halides is 4. The molecule has 0 bridgehead atoms. The van der Waals surface area contributed by atoms with E-state index in [4.69, 9.17) is 11.6 Å². The fraction of sp³-hybridized carbons (Fsp3) is 0.417. The summed E-state index contributed by atoms with van der Waals surface area (Å²) in [7, 11) is 0. The average Bonchev–Trinajstić information content (AvgIpc) is 2.26. The quantitative estimate of drug-likeness (QED) is 0.590. The van der Waals surface area contributed by atoms with Crippen LogP contribution in [-0.2, 0) is 11.2 Å². The van der Waals surface area contributed by atoms with E-state index < -0.39 is 10.9 Å². The van der Waals surface area contributed by atoms with E-state index in [0.717, 1.165) is 5.56 Å². The molecule has 6 heteroatoms. The lowest BCUT2D eigenvalue weighted by Crippen LogP contribution is -2.07. The number of hydrogen-bond acceptors (Lipinski definition) is 2. The minimum absolute atomic E-state index is 0.0186. The van der Waals surface area contributed by atoms with Crippen LogP contribution in [-0.4, -0.2) is 11.3 Å². The minimum Gasteiger partial charge on any atom is -0.298 e. The van der Waals surface area contributed by atoms with Crippen LogP contribution < -0.4 is 0 Å². The molecule has 0 aliphatic heterocycles. The van der Waals surface area contributed by atoms with Gasteiger partial charge in [-0.25, -0.2) is 0 Å². The van der Waals surface area contributed by atoms with Crippen LogP contribution in [0.5, 0.6) is 0 Å². The third-order valence-electron chi connectivity index (χ3n) is 2.34. The number of ketones is 1. The molecule has 0 amide bonds. The zero-order valence-electron chi connectivity index (χ0n) is 9.84. The molecular weight excluding hydrogens is 285 g/mol. The molecular formula is C12H12ClF3OS. The van der Waals surface area contributed by atoms with E-state index in [1.807, 2.05) is 6.92 Å². The number of rotatable bonds is 4. The number of thioether (sulfide) groups is 1. The molecule has 1 unspecified atom stereocenters. The third kappa shape index (κ3) is 4.21. The van der Waals surface area contributed by atoms with Crippen LogP contribution in [0.4, 0.5) is 13.2 Å². The Balaban J connectivity index is 3.20. The summed E-state index contributed by atoms with van der Waals surface area (Å²) in [5, 5.41) is -1.04. The molecule has 0 heterocycles. The molecule has 1 nitrogen and oxygen atoms in total. The van der Waals surface area contributed by atoms with Crippen LogP contribution >= 0.6 is 23.4 Å². The van der Waals surface area contributed by atoms with Crippen LogP contribution in [0.25, 0.3) is 0 Å². The molecule has 1 aromatic rings. The highest BCUT2D eigenvalue weighted by molar-refractivity contribution is 8.00. The Morgan fingerprint density at radius 2 is 2.06 bits per heavy atom. The van der Waals surface area contributed by atoms with E-state index in [9.17, 15) is 18.0 Å². The Morgan fingerprint density at radius 1 is 1.44 bits per heavy atom. The van der Waals surface area contributed by atoms with Gasteiger partial charge in [0.15, 0.2) is 5.78 Å². The number of carbonyl (C=O) groups is 1. The van der Waals surface area contributed by atoms with Gasteiger partial charge in [-0.2, -0.15) is 13.2 Å². The zero-order chi connectivity index (χ0) is 13.9. The van der Waals surface area contributed by atoms with E-state index in [1.165, 1.54) is 13.0 Å². The van der Waals surface area contributed by atoms with Crippen molar-refractivity contribution in [2.75, 3.05) is 0 Å². The lowest BCUT2D eigenvalue weighted by molar-refractivity contribution is -0.116. The summed E-state index contributed by atoms with van der Waals surface area (Å²) in [5.41, 5.74) is -3.31. The van der Waals surface area contributed by atoms with Gasteiger partial charge in [0, 0.05) is 4.90 Å². The first-order valence-corrected chi connectivity index (χ1v) is 6.53. The lowest BCUT2D eigenvalue weighted by Gasteiger charge is -2.15. The molecule has 0 saturated heterocycles. The van der Waals surface area contributed by atoms with Gasteiger partial charge in [0.05, 0.1) is 0 Å². The maximum atomic E-state index is 12.4. The molecule has 0 aromatic heterocycles. The van der Waals surface area contributed by atoms with Crippen molar-refractivity contribution >= 4 is 29.1 Å². The van der Waals surface area contributed by atoms with Gasteiger partial charge in [0.25, 0.3) is 0 Å². The molecule has 100 valence electrons. The van der Waals surface area contributed by atoms with Crippen LogP contribution in [0.3, 0.4) is 0 Å². The summed E-state index contributed by atoms with van der Waals surface area (Å²) in [4.78, 5) is 11.2. The Hall–Kier alpha value is -0.680. The summed E-state index contributed by atoms with van der Waals surface area (Å²) in [5.74, 6) is -0.367. The first-order chi connectivity index (χ1) is 8.24. The Labute approximate surface area is 113 Å². The standard InChI is InChI=1S/C12H12ClF3OS/c1-3-8-4-5-10(18-12(14,15)16)9(6-8)11(13)7(2)17/h4-6,11H,3H2,1-2H3. The Bertz CT molecular complexity index is 445. The summed E-state index contributed by atoms with van der Waals surface area (Å²) >= 11 is 5.63. The molecule has 0 N–H and O–H groups in total. The number of benzene rings is 1. The molecule has 1 aromatic carbocycles. The third-order valence-corrected chi connectivity index (χ3v) is 3.70. The van der Waals surface area contributed by atoms with Gasteiger partial charge in [-0.3, -0.25) is 4.79 Å². The van der Waals surface area contributed by atoms with Crippen molar-refractivity contribution in [3.05, 3.63) is 29.3 Å². The van der Waals surface area contributed by atoms with E-state index in [0.29, 0.717) is 6.42 Å². The molecule has 0 spiro atoms. The van der Waals surface area contributed by atoms with Gasteiger partial charge >= 0.3 is 5.51 Å². The largest absolute Gasteiger partial charge is 0.446 e. The van der Waals surface area contributed by atoms with Gasteiger partial charge < -0.3 is 0 Å². The van der Waals surface area contributed by atoms with Gasteiger partial charge in [-0.05, 0) is 42.3 Å². The summed E-state index contributed by atoms with van der Waals surface area (Å²) in [6, 6.07) is 4.54.